The molecule has 0 saturated carbocycles. The lowest BCUT2D eigenvalue weighted by molar-refractivity contribution is -0.0381. The number of aromatic nitrogens is 6. The molecule has 5 rings (SSSR count). The topological polar surface area (TPSA) is 100.0 Å². The maximum absolute atomic E-state index is 14.9. The maximum atomic E-state index is 14.9. The van der Waals surface area contributed by atoms with Crippen LogP contribution in [0.3, 0.4) is 0 Å². The standard InChI is InChI=1S/C27H24F2N6O3/c1-19(27(37,15-33-17-30-16-31-33)24-12-7-21(28)13-25(24)29)35-26(36)34(18-32-35)22-8-10-23(11-9-22)38-14-20-5-3-2-4-6-20/h2-13,16-19,37H,14-15H2,1H3/t19-,27-/m1/s1. The van der Waals surface area contributed by atoms with Crippen molar-refractivity contribution in [3.8, 4) is 11.4 Å². The molecule has 0 aliphatic heterocycles. The van der Waals surface area contributed by atoms with Crippen molar-refractivity contribution in [1.29, 1.82) is 0 Å². The zero-order chi connectivity index (χ0) is 26.7. The molecule has 0 saturated heterocycles. The molecule has 2 atom stereocenters. The van der Waals surface area contributed by atoms with E-state index in [-0.39, 0.29) is 12.1 Å². The third kappa shape index (κ3) is 4.96. The molecule has 0 aliphatic carbocycles. The predicted molar refractivity (Wildman–Crippen MR) is 134 cm³/mol. The van der Waals surface area contributed by atoms with Gasteiger partial charge in [-0.25, -0.2) is 32.5 Å². The monoisotopic (exact) mass is 518 g/mol. The number of ether oxygens (including phenoxy) is 1. The predicted octanol–water partition coefficient (Wildman–Crippen LogP) is 3.63. The first-order chi connectivity index (χ1) is 18.3. The highest BCUT2D eigenvalue weighted by Gasteiger charge is 2.41. The van der Waals surface area contributed by atoms with Crippen molar-refractivity contribution in [3.05, 3.63) is 125 Å². The molecule has 9 nitrogen and oxygen atoms in total. The Kier molecular flexibility index (Phi) is 6.84. The number of nitrogens with zero attached hydrogens (tertiary/aromatic N) is 6. The number of hydrogen-bond donors (Lipinski definition) is 1. The molecule has 0 aliphatic rings. The average Bonchev–Trinajstić information content (AvgIpc) is 3.57. The van der Waals surface area contributed by atoms with Gasteiger partial charge in [0.1, 0.15) is 48.6 Å². The fourth-order valence-electron chi connectivity index (χ4n) is 4.25. The Morgan fingerprint density at radius 1 is 1.00 bits per heavy atom. The molecule has 0 amide bonds. The van der Waals surface area contributed by atoms with Gasteiger partial charge < -0.3 is 9.84 Å². The van der Waals surface area contributed by atoms with Crippen LogP contribution in [-0.2, 0) is 18.8 Å². The van der Waals surface area contributed by atoms with E-state index in [4.69, 9.17) is 4.74 Å². The number of aliphatic hydroxyl groups is 1. The van der Waals surface area contributed by atoms with Crippen LogP contribution in [-0.4, -0.2) is 34.2 Å². The summed E-state index contributed by atoms with van der Waals surface area (Å²) in [6.45, 7) is 1.67. The fraction of sp³-hybridized carbons (Fsp3) is 0.185. The Balaban J connectivity index is 1.43. The van der Waals surface area contributed by atoms with Crippen molar-refractivity contribution in [2.45, 2.75) is 31.7 Å². The maximum Gasteiger partial charge on any atom is 0.350 e. The SMILES string of the molecule is C[C@@H](n1ncn(-c2ccc(OCc3ccccc3)cc2)c1=O)[C@](O)(Cn1cncn1)c1ccc(F)cc1F. The second-order valence-electron chi connectivity index (χ2n) is 8.81. The van der Waals surface area contributed by atoms with Crippen molar-refractivity contribution in [1.82, 2.24) is 29.1 Å². The molecule has 38 heavy (non-hydrogen) atoms. The summed E-state index contributed by atoms with van der Waals surface area (Å²) in [5.41, 5.74) is -1.24. The summed E-state index contributed by atoms with van der Waals surface area (Å²) in [6.07, 6.45) is 3.93. The van der Waals surface area contributed by atoms with Gasteiger partial charge in [0.25, 0.3) is 0 Å². The minimum Gasteiger partial charge on any atom is -0.489 e. The smallest absolute Gasteiger partial charge is 0.350 e. The van der Waals surface area contributed by atoms with Crippen molar-refractivity contribution in [2.24, 2.45) is 0 Å². The Bertz CT molecular complexity index is 1570. The number of benzene rings is 3. The number of halogens is 2. The number of rotatable bonds is 9. The van der Waals surface area contributed by atoms with Crippen LogP contribution in [0.2, 0.25) is 0 Å². The van der Waals surface area contributed by atoms with Gasteiger partial charge in [-0.3, -0.25) is 0 Å². The van der Waals surface area contributed by atoms with Crippen LogP contribution in [0.5, 0.6) is 5.75 Å². The van der Waals surface area contributed by atoms with E-state index in [2.05, 4.69) is 15.2 Å². The van der Waals surface area contributed by atoms with E-state index in [0.29, 0.717) is 24.1 Å². The second-order valence-corrected chi connectivity index (χ2v) is 8.81. The van der Waals surface area contributed by atoms with Gasteiger partial charge in [0.2, 0.25) is 0 Å². The van der Waals surface area contributed by atoms with Crippen LogP contribution in [0.25, 0.3) is 5.69 Å². The lowest BCUT2D eigenvalue weighted by atomic mass is 9.86. The van der Waals surface area contributed by atoms with Gasteiger partial charge in [-0.1, -0.05) is 36.4 Å². The largest absolute Gasteiger partial charge is 0.489 e. The van der Waals surface area contributed by atoms with Crippen molar-refractivity contribution in [3.63, 3.8) is 0 Å². The third-order valence-corrected chi connectivity index (χ3v) is 6.38. The first kappa shape index (κ1) is 25.0. The van der Waals surface area contributed by atoms with Gasteiger partial charge >= 0.3 is 5.69 Å². The van der Waals surface area contributed by atoms with Crippen LogP contribution in [0.4, 0.5) is 8.78 Å². The zero-order valence-electron chi connectivity index (χ0n) is 20.4. The van der Waals surface area contributed by atoms with Crippen LogP contribution < -0.4 is 10.4 Å². The zero-order valence-corrected chi connectivity index (χ0v) is 20.4. The summed E-state index contributed by atoms with van der Waals surface area (Å²) in [6, 6.07) is 18.4. The summed E-state index contributed by atoms with van der Waals surface area (Å²) in [7, 11) is 0. The normalized spacial score (nSPS) is 13.7. The van der Waals surface area contributed by atoms with E-state index >= 15 is 0 Å². The van der Waals surface area contributed by atoms with Crippen LogP contribution in [0.1, 0.15) is 24.1 Å². The lowest BCUT2D eigenvalue weighted by Gasteiger charge is -2.34. The highest BCUT2D eigenvalue weighted by molar-refractivity contribution is 5.37. The Labute approximate surface area is 216 Å². The second kappa shape index (κ2) is 10.4. The molecule has 2 aromatic heterocycles. The van der Waals surface area contributed by atoms with E-state index < -0.39 is 29.0 Å². The van der Waals surface area contributed by atoms with Gasteiger partial charge in [0, 0.05) is 11.6 Å². The van der Waals surface area contributed by atoms with Gasteiger partial charge in [0.05, 0.1) is 18.3 Å². The first-order valence-corrected chi connectivity index (χ1v) is 11.8. The summed E-state index contributed by atoms with van der Waals surface area (Å²) < 4.78 is 37.9. The minimum absolute atomic E-state index is 0.205. The Morgan fingerprint density at radius 3 is 2.45 bits per heavy atom. The molecule has 0 fully saturated rings. The van der Waals surface area contributed by atoms with Crippen molar-refractivity contribution >= 4 is 0 Å². The summed E-state index contributed by atoms with van der Waals surface area (Å²) in [5, 5.41) is 19.9. The molecular weight excluding hydrogens is 494 g/mol. The van der Waals surface area contributed by atoms with Gasteiger partial charge in [-0.15, -0.1) is 0 Å². The highest BCUT2D eigenvalue weighted by atomic mass is 19.1. The van der Waals surface area contributed by atoms with E-state index in [1.54, 1.807) is 24.3 Å². The molecule has 0 radical (unpaired) electrons. The number of hydrogen-bond acceptors (Lipinski definition) is 6. The quantitative estimate of drug-likeness (QED) is 0.320. The minimum atomic E-state index is -2.02. The Morgan fingerprint density at radius 2 is 1.76 bits per heavy atom. The van der Waals surface area contributed by atoms with E-state index in [1.807, 2.05) is 30.3 Å². The highest BCUT2D eigenvalue weighted by Crippen LogP contribution is 2.35. The molecule has 2 heterocycles. The van der Waals surface area contributed by atoms with Crippen molar-refractivity contribution < 1.29 is 18.6 Å². The van der Waals surface area contributed by atoms with E-state index in [9.17, 15) is 18.7 Å². The van der Waals surface area contributed by atoms with Gasteiger partial charge in [0.15, 0.2) is 0 Å². The summed E-state index contributed by atoms with van der Waals surface area (Å²) in [5.74, 6) is -1.13. The molecule has 0 bridgehead atoms. The van der Waals surface area contributed by atoms with E-state index in [0.717, 1.165) is 22.4 Å². The fourth-order valence-corrected chi connectivity index (χ4v) is 4.25. The van der Waals surface area contributed by atoms with Crippen LogP contribution in [0.15, 0.2) is 96.6 Å². The molecule has 194 valence electrons. The van der Waals surface area contributed by atoms with Gasteiger partial charge in [-0.2, -0.15) is 10.2 Å². The Hall–Kier alpha value is -4.64. The first-order valence-electron chi connectivity index (χ1n) is 11.8. The molecule has 11 heteroatoms. The van der Waals surface area contributed by atoms with Crippen LogP contribution in [0, 0.1) is 11.6 Å². The average molecular weight is 519 g/mol. The molecule has 3 aromatic carbocycles. The van der Waals surface area contributed by atoms with Gasteiger partial charge in [-0.05, 0) is 42.8 Å². The third-order valence-electron chi connectivity index (χ3n) is 6.38. The lowest BCUT2D eigenvalue weighted by Crippen LogP contribution is -2.44. The molecule has 0 unspecified atom stereocenters. The summed E-state index contributed by atoms with van der Waals surface area (Å²) in [4.78, 5) is 17.2. The molecular formula is C27H24F2N6O3. The van der Waals surface area contributed by atoms with E-state index in [1.165, 1.54) is 35.2 Å². The van der Waals surface area contributed by atoms with Crippen molar-refractivity contribution in [2.75, 3.05) is 0 Å². The molecule has 5 aromatic rings. The molecule has 1 N–H and O–H groups in total. The molecule has 0 spiro atoms. The summed E-state index contributed by atoms with van der Waals surface area (Å²) >= 11 is 0. The van der Waals surface area contributed by atoms with Crippen LogP contribution >= 0.6 is 0 Å².